The van der Waals surface area contributed by atoms with E-state index in [1.807, 2.05) is 55.5 Å². The topological polar surface area (TPSA) is 49.7 Å². The number of benzene rings is 2. The van der Waals surface area contributed by atoms with Crippen LogP contribution in [0.15, 0.2) is 48.5 Å². The van der Waals surface area contributed by atoms with Gasteiger partial charge in [0.1, 0.15) is 18.0 Å². The number of hydrogen-bond donors (Lipinski definition) is 2. The van der Waals surface area contributed by atoms with Crippen molar-refractivity contribution in [3.05, 3.63) is 65.2 Å². The highest BCUT2D eigenvalue weighted by molar-refractivity contribution is 5.38. The van der Waals surface area contributed by atoms with Crippen molar-refractivity contribution in [2.75, 3.05) is 6.61 Å². The molecule has 0 radical (unpaired) electrons. The van der Waals surface area contributed by atoms with Crippen molar-refractivity contribution in [2.24, 2.45) is 0 Å². The van der Waals surface area contributed by atoms with Crippen LogP contribution in [0.5, 0.6) is 5.75 Å². The quantitative estimate of drug-likeness (QED) is 0.886. The average Bonchev–Trinajstić information content (AvgIpc) is 2.47. The van der Waals surface area contributed by atoms with Gasteiger partial charge in [0.15, 0.2) is 0 Å². The molecule has 1 unspecified atom stereocenters. The average molecular weight is 286 g/mol. The lowest BCUT2D eigenvalue weighted by Gasteiger charge is -2.25. The Bertz CT molecular complexity index is 589. The van der Waals surface area contributed by atoms with Gasteiger partial charge in [0.2, 0.25) is 0 Å². The van der Waals surface area contributed by atoms with E-state index in [0.29, 0.717) is 5.75 Å². The van der Waals surface area contributed by atoms with Gasteiger partial charge < -0.3 is 14.9 Å². The molecule has 0 saturated heterocycles. The third-order valence-electron chi connectivity index (χ3n) is 3.52. The Balaban J connectivity index is 2.16. The molecule has 2 aromatic rings. The molecule has 2 rings (SSSR count). The van der Waals surface area contributed by atoms with Gasteiger partial charge in [0.05, 0.1) is 6.10 Å². The Morgan fingerprint density at radius 2 is 1.81 bits per heavy atom. The van der Waals surface area contributed by atoms with Gasteiger partial charge >= 0.3 is 0 Å². The van der Waals surface area contributed by atoms with Crippen molar-refractivity contribution in [3.8, 4) is 5.75 Å². The Hall–Kier alpha value is -1.84. The largest absolute Gasteiger partial charge is 0.490 e. The molecule has 2 atom stereocenters. The van der Waals surface area contributed by atoms with Crippen molar-refractivity contribution < 1.29 is 14.9 Å². The summed E-state index contributed by atoms with van der Waals surface area (Å²) >= 11 is 0. The number of hydrogen-bond acceptors (Lipinski definition) is 3. The summed E-state index contributed by atoms with van der Waals surface area (Å²) in [6.07, 6.45) is -0.610. The van der Waals surface area contributed by atoms with Crippen LogP contribution in [0.2, 0.25) is 0 Å². The predicted molar refractivity (Wildman–Crippen MR) is 83.3 cm³/mol. The molecular weight excluding hydrogens is 264 g/mol. The zero-order valence-corrected chi connectivity index (χ0v) is 12.7. The van der Waals surface area contributed by atoms with Crippen LogP contribution in [0.1, 0.15) is 36.6 Å². The highest BCUT2D eigenvalue weighted by Gasteiger charge is 2.24. The van der Waals surface area contributed by atoms with Crippen LogP contribution in [0.3, 0.4) is 0 Å². The van der Waals surface area contributed by atoms with E-state index in [2.05, 4.69) is 0 Å². The maximum Gasteiger partial charge on any atom is 0.125 e. The van der Waals surface area contributed by atoms with E-state index in [1.165, 1.54) is 0 Å². The lowest BCUT2D eigenvalue weighted by Crippen LogP contribution is -2.29. The first-order valence-electron chi connectivity index (χ1n) is 7.09. The molecule has 0 aliphatic rings. The van der Waals surface area contributed by atoms with Gasteiger partial charge in [0, 0.05) is 5.56 Å². The number of aryl methyl sites for hydroxylation is 1. The lowest BCUT2D eigenvalue weighted by molar-refractivity contribution is 0.00656. The molecule has 0 saturated carbocycles. The molecular formula is C18H22O3. The van der Waals surface area contributed by atoms with Crippen LogP contribution in [0, 0.1) is 6.92 Å². The van der Waals surface area contributed by atoms with Gasteiger partial charge in [0.25, 0.3) is 0 Å². The third-order valence-corrected chi connectivity index (χ3v) is 3.52. The van der Waals surface area contributed by atoms with Gasteiger partial charge in [-0.25, -0.2) is 0 Å². The summed E-state index contributed by atoms with van der Waals surface area (Å²) in [6.45, 7) is 5.52. The highest BCUT2D eigenvalue weighted by atomic mass is 16.5. The molecule has 0 aromatic heterocycles. The standard InChI is InChI=1S/C18H22O3/c1-13-9-10-17(16(11-13)14(2)19)21-12-18(3,20)15-7-5-4-6-8-15/h4-11,14,19-20H,12H2,1-3H3/t14-,18?/m0/s1. The first kappa shape index (κ1) is 15.5. The maximum absolute atomic E-state index is 10.5. The summed E-state index contributed by atoms with van der Waals surface area (Å²) in [7, 11) is 0. The van der Waals surface area contributed by atoms with Crippen LogP contribution < -0.4 is 4.74 Å². The van der Waals surface area contributed by atoms with Gasteiger partial charge in [-0.2, -0.15) is 0 Å². The molecule has 3 heteroatoms. The molecule has 0 aliphatic heterocycles. The molecule has 2 N–H and O–H groups in total. The maximum atomic E-state index is 10.5. The second-order valence-corrected chi connectivity index (χ2v) is 5.65. The van der Waals surface area contributed by atoms with Crippen molar-refractivity contribution in [1.29, 1.82) is 0 Å². The van der Waals surface area contributed by atoms with Crippen molar-refractivity contribution in [1.82, 2.24) is 0 Å². The molecule has 0 fully saturated rings. The van der Waals surface area contributed by atoms with Crippen molar-refractivity contribution >= 4 is 0 Å². The van der Waals surface area contributed by atoms with E-state index in [-0.39, 0.29) is 6.61 Å². The van der Waals surface area contributed by atoms with E-state index in [9.17, 15) is 10.2 Å². The predicted octanol–water partition coefficient (Wildman–Crippen LogP) is 3.33. The first-order chi connectivity index (χ1) is 9.90. The fraction of sp³-hybridized carbons (Fsp3) is 0.333. The number of aliphatic hydroxyl groups is 2. The van der Waals surface area contributed by atoms with E-state index < -0.39 is 11.7 Å². The second kappa shape index (κ2) is 6.29. The lowest BCUT2D eigenvalue weighted by atomic mass is 9.97. The SMILES string of the molecule is Cc1ccc(OCC(C)(O)c2ccccc2)c([C@H](C)O)c1. The number of ether oxygens (including phenoxy) is 1. The second-order valence-electron chi connectivity index (χ2n) is 5.65. The van der Waals surface area contributed by atoms with Crippen molar-refractivity contribution in [3.63, 3.8) is 0 Å². The molecule has 21 heavy (non-hydrogen) atoms. The fourth-order valence-electron chi connectivity index (χ4n) is 2.22. The van der Waals surface area contributed by atoms with Crippen molar-refractivity contribution in [2.45, 2.75) is 32.5 Å². The van der Waals surface area contributed by atoms with Crippen LogP contribution in [-0.4, -0.2) is 16.8 Å². The normalized spacial score (nSPS) is 15.3. The summed E-state index contributed by atoms with van der Waals surface area (Å²) in [5.41, 5.74) is 1.52. The van der Waals surface area contributed by atoms with Crippen LogP contribution in [-0.2, 0) is 5.60 Å². The summed E-state index contributed by atoms with van der Waals surface area (Å²) < 4.78 is 5.76. The molecule has 0 bridgehead atoms. The highest BCUT2D eigenvalue weighted by Crippen LogP contribution is 2.28. The number of aliphatic hydroxyl groups excluding tert-OH is 1. The molecule has 112 valence electrons. The Labute approximate surface area is 125 Å². The minimum atomic E-state index is -1.08. The summed E-state index contributed by atoms with van der Waals surface area (Å²) in [5.74, 6) is 0.604. The summed E-state index contributed by atoms with van der Waals surface area (Å²) in [6, 6.07) is 15.1. The first-order valence-corrected chi connectivity index (χ1v) is 7.09. The summed E-state index contributed by atoms with van der Waals surface area (Å²) in [4.78, 5) is 0. The molecule has 2 aromatic carbocycles. The van der Waals surface area contributed by atoms with E-state index >= 15 is 0 Å². The fourth-order valence-corrected chi connectivity index (χ4v) is 2.22. The minimum Gasteiger partial charge on any atom is -0.490 e. The molecule has 3 nitrogen and oxygen atoms in total. The van der Waals surface area contributed by atoms with Crippen LogP contribution >= 0.6 is 0 Å². The summed E-state index contributed by atoms with van der Waals surface area (Å²) in [5, 5.41) is 20.4. The molecule has 0 spiro atoms. The Morgan fingerprint density at radius 3 is 2.43 bits per heavy atom. The van der Waals surface area contributed by atoms with E-state index in [0.717, 1.165) is 16.7 Å². The monoisotopic (exact) mass is 286 g/mol. The third kappa shape index (κ3) is 3.84. The van der Waals surface area contributed by atoms with E-state index in [1.54, 1.807) is 13.8 Å². The minimum absolute atomic E-state index is 0.125. The molecule has 0 aliphatic carbocycles. The van der Waals surface area contributed by atoms with Crippen LogP contribution in [0.25, 0.3) is 0 Å². The Morgan fingerprint density at radius 1 is 1.14 bits per heavy atom. The van der Waals surface area contributed by atoms with Gasteiger partial charge in [-0.3, -0.25) is 0 Å². The van der Waals surface area contributed by atoms with Gasteiger partial charge in [-0.05, 0) is 38.5 Å². The zero-order chi connectivity index (χ0) is 15.5. The van der Waals surface area contributed by atoms with E-state index in [4.69, 9.17) is 4.74 Å². The number of rotatable bonds is 5. The molecule has 0 amide bonds. The molecule has 0 heterocycles. The van der Waals surface area contributed by atoms with Gasteiger partial charge in [-0.15, -0.1) is 0 Å². The Kier molecular flexibility index (Phi) is 4.66. The van der Waals surface area contributed by atoms with Gasteiger partial charge in [-0.1, -0.05) is 42.0 Å². The van der Waals surface area contributed by atoms with Crippen LogP contribution in [0.4, 0.5) is 0 Å². The smallest absolute Gasteiger partial charge is 0.125 e. The zero-order valence-electron chi connectivity index (χ0n) is 12.7.